The second-order valence-corrected chi connectivity index (χ2v) is 36.0. The Labute approximate surface area is 699 Å². The summed E-state index contributed by atoms with van der Waals surface area (Å²) in [5, 5.41) is 48.1. The van der Waals surface area contributed by atoms with Gasteiger partial charge >= 0.3 is 48.3 Å². The Morgan fingerprint density at radius 2 is 0.723 bits per heavy atom. The maximum absolute atomic E-state index is 13.9. The van der Waals surface area contributed by atoms with E-state index in [1.165, 1.54) is 21.6 Å². The summed E-state index contributed by atoms with van der Waals surface area (Å²) in [5.74, 6) is -5.64. The number of aliphatic hydroxyl groups is 3. The van der Waals surface area contributed by atoms with Gasteiger partial charge in [-0.1, -0.05) is 121 Å². The smallest absolute Gasteiger partial charge is 0.411 e. The van der Waals surface area contributed by atoms with Gasteiger partial charge in [0.1, 0.15) is 52.2 Å². The minimum absolute atomic E-state index is 0.0575. The zero-order valence-corrected chi connectivity index (χ0v) is 72.5. The van der Waals surface area contributed by atoms with Crippen molar-refractivity contribution in [1.82, 2.24) is 29.4 Å². The first-order valence-electron chi connectivity index (χ1n) is 40.9. The Morgan fingerprint density at radius 3 is 1.05 bits per heavy atom. The summed E-state index contributed by atoms with van der Waals surface area (Å²) in [6.07, 6.45) is -1.29. The molecule has 6 aliphatic heterocycles. The highest BCUT2D eigenvalue weighted by Crippen LogP contribution is 2.47. The number of hydrogen-bond acceptors (Lipinski definition) is 22. The van der Waals surface area contributed by atoms with Crippen LogP contribution in [0.15, 0.2) is 121 Å². The number of aliphatic hydroxyl groups excluding tert-OH is 3. The average molecular weight is 1660 g/mol. The number of likely N-dealkylation sites (tertiary alicyclic amines) is 6. The van der Waals surface area contributed by atoms with E-state index < -0.39 is 154 Å². The van der Waals surface area contributed by atoms with Crippen molar-refractivity contribution < 1.29 is 116 Å². The van der Waals surface area contributed by atoms with E-state index in [1.807, 2.05) is 142 Å². The lowest BCUT2D eigenvalue weighted by Gasteiger charge is -2.54. The van der Waals surface area contributed by atoms with E-state index in [9.17, 15) is 78.3 Å². The van der Waals surface area contributed by atoms with Crippen LogP contribution in [-0.2, 0) is 97.9 Å². The zero-order chi connectivity index (χ0) is 88.7. The number of rotatable bonds is 24. The maximum Gasteiger partial charge on any atom is 0.411 e. The third kappa shape index (κ3) is 23.9. The molecule has 0 saturated carbocycles. The molecule has 30 nitrogen and oxygen atoms in total. The number of carbonyl (C=O) groups is 11. The van der Waals surface area contributed by atoms with Gasteiger partial charge in [-0.25, -0.2) is 33.6 Å². The van der Waals surface area contributed by atoms with Gasteiger partial charge in [0.05, 0.1) is 63.7 Å². The van der Waals surface area contributed by atoms with Crippen LogP contribution in [0.2, 0.25) is 0 Å². The first-order valence-corrected chi connectivity index (χ1v) is 40.9. The second-order valence-electron chi connectivity index (χ2n) is 36.0. The number of β-lactam (4-membered cyclic amide) rings is 2. The molecule has 0 aromatic heterocycles. The Morgan fingerprint density at radius 1 is 0.420 bits per heavy atom. The highest BCUT2D eigenvalue weighted by atomic mass is 16.6. The van der Waals surface area contributed by atoms with E-state index in [-0.39, 0.29) is 82.2 Å². The molecule has 4 aromatic rings. The number of hydrogen-bond donors (Lipinski definition) is 5. The molecule has 30 heteroatoms. The Bertz CT molecular complexity index is 4130. The van der Waals surface area contributed by atoms with E-state index in [4.69, 9.17) is 37.9 Å². The molecular formula is C89H126N6O24. The molecule has 6 heterocycles. The van der Waals surface area contributed by atoms with Gasteiger partial charge in [0, 0.05) is 30.6 Å². The van der Waals surface area contributed by atoms with Crippen molar-refractivity contribution in [3.05, 3.63) is 144 Å². The molecular weight excluding hydrogens is 1540 g/mol. The molecule has 14 atom stereocenters. The molecule has 6 amide bonds. The quantitative estimate of drug-likeness (QED) is 0.0247. The van der Waals surface area contributed by atoms with Crippen molar-refractivity contribution in [2.45, 2.75) is 315 Å². The number of carboxylic acids is 2. The number of Topliss-reactive ketones (excluding diaryl/α,β-unsaturated/α-hetero) is 1. The van der Waals surface area contributed by atoms with Gasteiger partial charge in [0.15, 0.2) is 23.4 Å². The van der Waals surface area contributed by atoms with E-state index >= 15 is 0 Å². The fourth-order valence-electron chi connectivity index (χ4n) is 15.9. The number of benzene rings is 4. The number of aliphatic carboxylic acids is 2. The first-order chi connectivity index (χ1) is 55.5. The van der Waals surface area contributed by atoms with Crippen molar-refractivity contribution in [1.29, 1.82) is 0 Å². The van der Waals surface area contributed by atoms with Gasteiger partial charge in [-0.15, -0.1) is 0 Å². The van der Waals surface area contributed by atoms with Gasteiger partial charge in [0.2, 0.25) is 0 Å². The van der Waals surface area contributed by atoms with Crippen LogP contribution in [0, 0.1) is 5.92 Å². The van der Waals surface area contributed by atoms with Crippen LogP contribution in [0.1, 0.15) is 212 Å². The predicted molar refractivity (Wildman–Crippen MR) is 437 cm³/mol. The van der Waals surface area contributed by atoms with Crippen molar-refractivity contribution in [2.24, 2.45) is 5.92 Å². The normalized spacial score (nSPS) is 24.3. The Balaban J connectivity index is 0.000000228. The molecule has 8 unspecified atom stereocenters. The summed E-state index contributed by atoms with van der Waals surface area (Å²) in [6.45, 7) is 33.1. The molecule has 2 spiro atoms. The predicted octanol–water partition coefficient (Wildman–Crippen LogP) is 11.8. The number of amides is 6. The van der Waals surface area contributed by atoms with E-state index in [2.05, 4.69) is 0 Å². The SMILES string of the molecule is CC1CCC(CO)(C(=O)C[C@H](C(=O)OCc2ccccc2)[C@@H](C)OCc2ccccc2)N1C(=O)OC(C)(C)C.CC1CCC(CO)(C(=O)O)N1C(=O)OC(C)(C)C.CC1CCC2(CN([C@H](C(=O)O)[C@@H](C)O)C2=O)N1C(=O)OC(C)(C)C.CC1CCC2(CN([C@H](C(=O)OCc3ccccc3)[C@@H](C)OCc3ccccc3)C2=O)N1C(=O)OC(C)(C)C. The monoisotopic (exact) mass is 1660 g/mol. The highest BCUT2D eigenvalue weighted by molar-refractivity contribution is 6.00. The number of carboxylic acid groups (broad SMARTS) is 2. The van der Waals surface area contributed by atoms with Crippen LogP contribution in [0.25, 0.3) is 0 Å². The summed E-state index contributed by atoms with van der Waals surface area (Å²) in [7, 11) is 0. The Hall–Kier alpha value is -9.75. The van der Waals surface area contributed by atoms with Crippen molar-refractivity contribution >= 4 is 65.8 Å². The van der Waals surface area contributed by atoms with Gasteiger partial charge < -0.3 is 73.2 Å². The molecule has 5 N–H and O–H groups in total. The number of ether oxygens (including phenoxy) is 8. The third-order valence-corrected chi connectivity index (χ3v) is 22.0. The average Bonchev–Trinajstić information content (AvgIpc) is 1.62. The van der Waals surface area contributed by atoms with E-state index in [0.29, 0.717) is 45.1 Å². The van der Waals surface area contributed by atoms with E-state index in [0.717, 1.165) is 32.1 Å². The summed E-state index contributed by atoms with van der Waals surface area (Å²) in [6, 6.07) is 34.7. The maximum atomic E-state index is 13.9. The molecule has 10 rings (SSSR count). The third-order valence-electron chi connectivity index (χ3n) is 22.0. The number of nitrogens with zero attached hydrogens (tertiary/aromatic N) is 6. The van der Waals surface area contributed by atoms with Crippen molar-refractivity contribution in [3.8, 4) is 0 Å². The molecule has 6 fully saturated rings. The molecule has 656 valence electrons. The van der Waals surface area contributed by atoms with Crippen LogP contribution in [0.4, 0.5) is 19.2 Å². The summed E-state index contributed by atoms with van der Waals surface area (Å²) in [5.41, 5.74) is -4.38. The lowest BCUT2D eigenvalue weighted by atomic mass is 9.83. The minimum Gasteiger partial charge on any atom is -0.480 e. The minimum atomic E-state index is -1.55. The van der Waals surface area contributed by atoms with E-state index in [1.54, 1.807) is 109 Å². The lowest BCUT2D eigenvalue weighted by molar-refractivity contribution is -0.183. The standard InChI is InChI=1S/C31H41NO7.C30H38N2O6.C16H26N2O6.C12H21NO5/c1-22-16-17-31(21-33,32(22)29(36)39-30(3,4)5)27(34)18-26(23(2)37-19-24-12-8-6-9-13-24)28(35)38-20-25-14-10-7-11-15-25;1-21-16-17-30(32(21)28(35)38-29(3,4)5)20-31(27(30)34)25(22(2)36-18-23-12-8-6-9-13-23)26(33)37-19-24-14-10-7-11-15-24;1-9-6-7-16(18(9)14(23)24-15(3,4)5)8-17(13(16)22)11(10(2)19)12(20)21;1-8-5-6-12(7-14,9(15)16)13(8)10(17)18-11(2,3)4/h6-15,22-23,26,33H,16-21H2,1-5H3;6-15,21-22,25H,16-20H2,1-5H3;9-11,19H,6-8H2,1-5H3,(H,20,21);8,14H,5-7H2,1-4H3,(H,15,16)/t22?,23-,26+,31?;21?,22-,25+,30?;9?,10-,11+,16?;/m111./s1. The molecule has 119 heavy (non-hydrogen) atoms. The number of esters is 2. The van der Waals surface area contributed by atoms with Crippen molar-refractivity contribution in [3.63, 3.8) is 0 Å². The summed E-state index contributed by atoms with van der Waals surface area (Å²) < 4.78 is 45.2. The van der Waals surface area contributed by atoms with Crippen molar-refractivity contribution in [2.75, 3.05) is 26.3 Å². The fraction of sp³-hybridized carbons (Fsp3) is 0.607. The van der Waals surface area contributed by atoms with Crippen LogP contribution < -0.4 is 0 Å². The van der Waals surface area contributed by atoms with Crippen LogP contribution in [-0.4, -0.2) is 246 Å². The summed E-state index contributed by atoms with van der Waals surface area (Å²) >= 11 is 0. The summed E-state index contributed by atoms with van der Waals surface area (Å²) in [4.78, 5) is 149. The zero-order valence-electron chi connectivity index (χ0n) is 72.5. The molecule has 0 aliphatic carbocycles. The largest absolute Gasteiger partial charge is 0.480 e. The van der Waals surface area contributed by atoms with Gasteiger partial charge in [-0.3, -0.25) is 38.8 Å². The van der Waals surface area contributed by atoms with Gasteiger partial charge in [-0.2, -0.15) is 0 Å². The van der Waals surface area contributed by atoms with Crippen LogP contribution >= 0.6 is 0 Å². The lowest BCUT2D eigenvalue weighted by Crippen LogP contribution is -2.77. The van der Waals surface area contributed by atoms with Crippen LogP contribution in [0.3, 0.4) is 0 Å². The van der Waals surface area contributed by atoms with Gasteiger partial charge in [-0.05, 0) is 205 Å². The second kappa shape index (κ2) is 40.1. The van der Waals surface area contributed by atoms with Crippen LogP contribution in [0.5, 0.6) is 0 Å². The molecule has 0 bridgehead atoms. The Kier molecular flexibility index (Phi) is 32.5. The molecule has 4 aromatic carbocycles. The number of ketones is 1. The molecule has 6 aliphatic rings. The number of carbonyl (C=O) groups excluding carboxylic acids is 9. The topological polar surface area (TPSA) is 382 Å². The fourth-order valence-corrected chi connectivity index (χ4v) is 15.9. The first kappa shape index (κ1) is 96.4. The molecule has 6 saturated heterocycles. The van der Waals surface area contributed by atoms with Gasteiger partial charge in [0.25, 0.3) is 11.8 Å². The highest BCUT2D eigenvalue weighted by Gasteiger charge is 2.67. The molecule has 0 radical (unpaired) electrons.